The third-order valence-corrected chi connectivity index (χ3v) is 10.1. The fourth-order valence-corrected chi connectivity index (χ4v) is 8.07. The topological polar surface area (TPSA) is 17.3 Å². The van der Waals surface area contributed by atoms with Crippen molar-refractivity contribution in [2.45, 2.75) is 51.4 Å². The fourth-order valence-electron chi connectivity index (χ4n) is 8.07. The van der Waals surface area contributed by atoms with Gasteiger partial charge in [-0.05, 0) is 77.6 Å². The summed E-state index contributed by atoms with van der Waals surface area (Å²) in [6.45, 7) is 12.7. The molecule has 0 bridgehead atoms. The first-order chi connectivity index (χ1) is 21.0. The van der Waals surface area contributed by atoms with Crippen LogP contribution >= 0.6 is 0 Å². The zero-order valence-electron chi connectivity index (χ0n) is 25.1. The molecule has 4 aliphatic rings. The Bertz CT molecular complexity index is 2090. The highest BCUT2D eigenvalue weighted by Crippen LogP contribution is 2.53. The molecule has 8 rings (SSSR count). The molecule has 0 saturated carbocycles. The number of hydrogen-bond donors (Lipinski definition) is 0. The Morgan fingerprint density at radius 2 is 1.74 bits per heavy atom. The highest BCUT2D eigenvalue weighted by molar-refractivity contribution is 6.17. The van der Waals surface area contributed by atoms with Gasteiger partial charge in [0.1, 0.15) is 0 Å². The highest BCUT2D eigenvalue weighted by atomic mass is 15.0. The van der Waals surface area contributed by atoms with Gasteiger partial charge in [0.2, 0.25) is 0 Å². The van der Waals surface area contributed by atoms with E-state index in [1.54, 1.807) is 5.57 Å². The van der Waals surface area contributed by atoms with Gasteiger partial charge in [0.15, 0.2) is 0 Å². The van der Waals surface area contributed by atoms with E-state index >= 15 is 0 Å². The van der Waals surface area contributed by atoms with Gasteiger partial charge in [0.25, 0.3) is 0 Å². The minimum atomic E-state index is 0.0244. The van der Waals surface area contributed by atoms with Crippen LogP contribution in [0.4, 0.5) is 5.69 Å². The van der Waals surface area contributed by atoms with Crippen molar-refractivity contribution in [2.24, 2.45) is 4.99 Å². The predicted molar refractivity (Wildman–Crippen MR) is 187 cm³/mol. The zero-order chi connectivity index (χ0) is 29.3. The summed E-state index contributed by atoms with van der Waals surface area (Å²) in [4.78, 5) is 4.38. The molecule has 0 spiro atoms. The van der Waals surface area contributed by atoms with Crippen LogP contribution in [0, 0.1) is 0 Å². The van der Waals surface area contributed by atoms with Crippen LogP contribution in [-0.4, -0.2) is 11.3 Å². The molecule has 4 aromatic rings. The molecule has 0 unspecified atom stereocenters. The molecule has 0 radical (unpaired) electrons. The summed E-state index contributed by atoms with van der Waals surface area (Å²) < 4.78 is 2.58. The second-order valence-electron chi connectivity index (χ2n) is 12.6. The monoisotopic (exact) mass is 556 g/mol. The van der Waals surface area contributed by atoms with Gasteiger partial charge in [-0.1, -0.05) is 111 Å². The van der Waals surface area contributed by atoms with Crippen molar-refractivity contribution in [3.05, 3.63) is 131 Å². The van der Waals surface area contributed by atoms with E-state index in [0.717, 1.165) is 54.5 Å². The molecule has 2 heteroatoms. The number of nitrogens with zero attached hydrogens (tertiary/aromatic N) is 2. The Morgan fingerprint density at radius 1 is 0.907 bits per heavy atom. The second-order valence-corrected chi connectivity index (χ2v) is 12.6. The zero-order valence-corrected chi connectivity index (χ0v) is 25.1. The molecule has 4 aliphatic carbocycles. The Balaban J connectivity index is 1.42. The smallest absolute Gasteiger partial charge is 0.0772 e. The molecule has 210 valence electrons. The average molecular weight is 557 g/mol. The number of fused-ring (bicyclic) bond motifs is 5. The molecule has 1 aromatic heterocycles. The van der Waals surface area contributed by atoms with Crippen LogP contribution in [0.2, 0.25) is 0 Å². The molecule has 0 aliphatic heterocycles. The third kappa shape index (κ3) is 3.69. The van der Waals surface area contributed by atoms with E-state index in [2.05, 4.69) is 122 Å². The van der Waals surface area contributed by atoms with Crippen LogP contribution in [-0.2, 0) is 11.8 Å². The van der Waals surface area contributed by atoms with Gasteiger partial charge >= 0.3 is 0 Å². The number of aliphatic imine (C=N–C) groups is 1. The molecule has 0 fully saturated rings. The molecule has 0 N–H and O–H groups in total. The summed E-state index contributed by atoms with van der Waals surface area (Å²) in [6.07, 6.45) is 25.7. The van der Waals surface area contributed by atoms with E-state index in [9.17, 15) is 0 Å². The lowest BCUT2D eigenvalue weighted by Gasteiger charge is -2.38. The van der Waals surface area contributed by atoms with Crippen LogP contribution in [0.3, 0.4) is 0 Å². The van der Waals surface area contributed by atoms with Crippen molar-refractivity contribution in [2.75, 3.05) is 0 Å². The molecule has 43 heavy (non-hydrogen) atoms. The van der Waals surface area contributed by atoms with Crippen molar-refractivity contribution in [3.63, 3.8) is 0 Å². The largest absolute Gasteiger partial charge is 0.316 e. The standard InChI is InChI=1S/C41H36N2/c1-5-26-13-11-19-30(40(26)42-4)27-14-10-16-29(24-23-27)43-35-22-9-7-18-32(35)38-36(43)25-28-15-12-21-34-37(28)39(38)31-17-6-8-20-33(31)41(34,2)3/h5-7,10-15,17-19,21,23-25H,1,4,8-9,16,20,22H2,2-3H3. The second kappa shape index (κ2) is 9.67. The lowest BCUT2D eigenvalue weighted by atomic mass is 9.65. The van der Waals surface area contributed by atoms with Crippen molar-refractivity contribution in [1.29, 1.82) is 0 Å². The van der Waals surface area contributed by atoms with Gasteiger partial charge in [0.05, 0.1) is 11.2 Å². The maximum absolute atomic E-state index is 4.38. The Kier molecular flexibility index (Phi) is 5.84. The number of aromatic nitrogens is 1. The van der Waals surface area contributed by atoms with Crippen LogP contribution < -0.4 is 0 Å². The van der Waals surface area contributed by atoms with Crippen molar-refractivity contribution >= 4 is 63.1 Å². The van der Waals surface area contributed by atoms with E-state index in [1.165, 1.54) is 55.3 Å². The highest BCUT2D eigenvalue weighted by Gasteiger charge is 2.37. The van der Waals surface area contributed by atoms with Gasteiger partial charge in [0, 0.05) is 45.3 Å². The van der Waals surface area contributed by atoms with E-state index in [1.807, 2.05) is 12.1 Å². The van der Waals surface area contributed by atoms with E-state index < -0.39 is 0 Å². The summed E-state index contributed by atoms with van der Waals surface area (Å²) >= 11 is 0. The molecular formula is C41H36N2. The molecule has 3 aromatic carbocycles. The molecule has 0 saturated heterocycles. The Labute approximate surface area is 254 Å². The minimum absolute atomic E-state index is 0.0244. The maximum Gasteiger partial charge on any atom is 0.0772 e. The SMILES string of the molecule is C=Cc1cccc(C2=CC=C(n3c4c(c5c6c7c(cccc7cc53)C(C)(C)C3=C6C=CCC3)C=CCC4)CC=C2)c1N=C. The maximum atomic E-state index is 4.38. The minimum Gasteiger partial charge on any atom is -0.316 e. The van der Waals surface area contributed by atoms with Gasteiger partial charge < -0.3 is 4.57 Å². The molecule has 0 amide bonds. The molecule has 1 heterocycles. The molecular weight excluding hydrogens is 520 g/mol. The summed E-state index contributed by atoms with van der Waals surface area (Å²) in [6, 6.07) is 15.7. The molecule has 2 nitrogen and oxygen atoms in total. The first kappa shape index (κ1) is 26.0. The Hall–Kier alpha value is -4.69. The average Bonchev–Trinajstić information content (AvgIpc) is 3.17. The summed E-state index contributed by atoms with van der Waals surface area (Å²) in [5.41, 5.74) is 15.5. The number of rotatable bonds is 4. The lowest BCUT2D eigenvalue weighted by molar-refractivity contribution is 0.595. The van der Waals surface area contributed by atoms with Crippen molar-refractivity contribution in [1.82, 2.24) is 4.57 Å². The fraction of sp³-hybridized carbons (Fsp3) is 0.195. The first-order valence-electron chi connectivity index (χ1n) is 15.5. The number of para-hydroxylation sites is 1. The van der Waals surface area contributed by atoms with E-state index in [0.29, 0.717) is 0 Å². The van der Waals surface area contributed by atoms with Crippen molar-refractivity contribution in [3.8, 4) is 0 Å². The van der Waals surface area contributed by atoms with Gasteiger partial charge in [-0.3, -0.25) is 4.99 Å². The number of allylic oxidation sites excluding steroid dienone is 11. The van der Waals surface area contributed by atoms with Crippen molar-refractivity contribution < 1.29 is 0 Å². The number of benzene rings is 3. The van der Waals surface area contributed by atoms with E-state index in [4.69, 9.17) is 0 Å². The number of hydrogen-bond acceptors (Lipinski definition) is 1. The van der Waals surface area contributed by atoms with Crippen LogP contribution in [0.1, 0.15) is 73.0 Å². The van der Waals surface area contributed by atoms with Crippen LogP contribution in [0.25, 0.3) is 50.7 Å². The first-order valence-corrected chi connectivity index (χ1v) is 15.5. The quantitative estimate of drug-likeness (QED) is 0.222. The van der Waals surface area contributed by atoms with Crippen LogP contribution in [0.5, 0.6) is 0 Å². The summed E-state index contributed by atoms with van der Waals surface area (Å²) in [5.74, 6) is 0. The third-order valence-electron chi connectivity index (χ3n) is 10.1. The van der Waals surface area contributed by atoms with Gasteiger partial charge in [-0.2, -0.15) is 0 Å². The Morgan fingerprint density at radius 3 is 2.60 bits per heavy atom. The van der Waals surface area contributed by atoms with Gasteiger partial charge in [-0.25, -0.2) is 0 Å². The summed E-state index contributed by atoms with van der Waals surface area (Å²) in [7, 11) is 0. The van der Waals surface area contributed by atoms with E-state index in [-0.39, 0.29) is 5.41 Å². The normalized spacial score (nSPS) is 18.3. The lowest BCUT2D eigenvalue weighted by Crippen LogP contribution is -2.26. The molecule has 0 atom stereocenters. The van der Waals surface area contributed by atoms with Gasteiger partial charge in [-0.15, -0.1) is 0 Å². The van der Waals surface area contributed by atoms with Crippen LogP contribution in [0.15, 0.2) is 102 Å². The predicted octanol–water partition coefficient (Wildman–Crippen LogP) is 11.0. The summed E-state index contributed by atoms with van der Waals surface area (Å²) in [5, 5.41) is 4.19.